The van der Waals surface area contributed by atoms with Gasteiger partial charge in [-0.2, -0.15) is 0 Å². The summed E-state index contributed by atoms with van der Waals surface area (Å²) < 4.78 is 11.5. The first-order valence-corrected chi connectivity index (χ1v) is 8.37. The number of amides is 1. The van der Waals surface area contributed by atoms with Gasteiger partial charge < -0.3 is 14.4 Å². The van der Waals surface area contributed by atoms with Crippen LogP contribution < -0.4 is 4.74 Å². The van der Waals surface area contributed by atoms with E-state index in [1.807, 2.05) is 49.4 Å². The number of fused-ring (bicyclic) bond motifs is 1. The molecule has 4 heteroatoms. The molecule has 2 aromatic carbocycles. The minimum Gasteiger partial charge on any atom is -0.488 e. The van der Waals surface area contributed by atoms with Crippen molar-refractivity contribution in [2.24, 2.45) is 0 Å². The Balaban J connectivity index is 1.72. The summed E-state index contributed by atoms with van der Waals surface area (Å²) in [5.41, 5.74) is 3.17. The first kappa shape index (κ1) is 16.4. The third-order valence-electron chi connectivity index (χ3n) is 4.21. The Morgan fingerprint density at radius 2 is 2.04 bits per heavy atom. The van der Waals surface area contributed by atoms with Crippen molar-refractivity contribution in [2.45, 2.75) is 39.5 Å². The molecule has 1 heterocycles. The highest BCUT2D eigenvalue weighted by Crippen LogP contribution is 2.27. The molecule has 3 rings (SSSR count). The third kappa shape index (κ3) is 3.88. The number of aryl methyl sites for hydroxylation is 1. The summed E-state index contributed by atoms with van der Waals surface area (Å²) >= 11 is 0. The highest BCUT2D eigenvalue weighted by atomic mass is 16.6. The Labute approximate surface area is 143 Å². The van der Waals surface area contributed by atoms with Crippen molar-refractivity contribution < 1.29 is 14.3 Å². The van der Waals surface area contributed by atoms with Crippen LogP contribution in [-0.2, 0) is 17.9 Å². The molecule has 0 N–H and O–H groups in total. The molecule has 1 atom stereocenters. The summed E-state index contributed by atoms with van der Waals surface area (Å²) in [6.45, 7) is 5.45. The second-order valence-electron chi connectivity index (χ2n) is 6.18. The predicted molar refractivity (Wildman–Crippen MR) is 92.9 cm³/mol. The van der Waals surface area contributed by atoms with Gasteiger partial charge in [0.05, 0.1) is 13.1 Å². The minimum absolute atomic E-state index is 0.0155. The van der Waals surface area contributed by atoms with E-state index in [2.05, 4.69) is 13.0 Å². The molecular formula is C20H23NO3. The quantitative estimate of drug-likeness (QED) is 0.844. The molecule has 1 aliphatic heterocycles. The fraction of sp³-hybridized carbons (Fsp3) is 0.350. The number of hydrogen-bond acceptors (Lipinski definition) is 3. The third-order valence-corrected chi connectivity index (χ3v) is 4.21. The molecule has 24 heavy (non-hydrogen) atoms. The molecule has 0 fully saturated rings. The molecule has 1 aliphatic rings. The molecule has 0 radical (unpaired) electrons. The van der Waals surface area contributed by atoms with Gasteiger partial charge in [0.2, 0.25) is 0 Å². The predicted octanol–water partition coefficient (Wildman–Crippen LogP) is 4.30. The van der Waals surface area contributed by atoms with Crippen molar-refractivity contribution in [3.05, 3.63) is 65.2 Å². The van der Waals surface area contributed by atoms with Gasteiger partial charge in [-0.15, -0.1) is 0 Å². The summed E-state index contributed by atoms with van der Waals surface area (Å²) in [5, 5.41) is 0. The molecule has 1 amide bonds. The van der Waals surface area contributed by atoms with Crippen molar-refractivity contribution >= 4 is 6.09 Å². The Kier molecular flexibility index (Phi) is 5.04. The lowest BCUT2D eigenvalue weighted by Gasteiger charge is -2.22. The van der Waals surface area contributed by atoms with Crippen molar-refractivity contribution in [3.8, 4) is 5.75 Å². The average Bonchev–Trinajstić information content (AvgIpc) is 2.79. The van der Waals surface area contributed by atoms with Crippen molar-refractivity contribution in [1.82, 2.24) is 4.90 Å². The molecule has 0 saturated heterocycles. The van der Waals surface area contributed by atoms with Gasteiger partial charge >= 0.3 is 6.09 Å². The van der Waals surface area contributed by atoms with Crippen LogP contribution in [0, 0.1) is 6.92 Å². The van der Waals surface area contributed by atoms with E-state index >= 15 is 0 Å². The van der Waals surface area contributed by atoms with Gasteiger partial charge in [-0.05, 0) is 25.0 Å². The summed E-state index contributed by atoms with van der Waals surface area (Å²) in [6.07, 6.45) is 0.531. The maximum Gasteiger partial charge on any atom is 0.410 e. The van der Waals surface area contributed by atoms with Crippen LogP contribution in [0.4, 0.5) is 4.79 Å². The Hall–Kier alpha value is -2.49. The second-order valence-corrected chi connectivity index (χ2v) is 6.18. The fourth-order valence-electron chi connectivity index (χ4n) is 2.84. The molecule has 0 aliphatic carbocycles. The SMILES string of the molecule is CCC1CN(C(=O)OCc2ccccc2)Cc2cc(C)ccc2O1. The Bertz CT molecular complexity index is 699. The number of ether oxygens (including phenoxy) is 2. The van der Waals surface area contributed by atoms with Gasteiger partial charge in [0.15, 0.2) is 0 Å². The molecule has 2 aromatic rings. The number of carbonyl (C=O) groups is 1. The smallest absolute Gasteiger partial charge is 0.410 e. The number of benzene rings is 2. The van der Waals surface area contributed by atoms with Crippen LogP contribution in [0.2, 0.25) is 0 Å². The van der Waals surface area contributed by atoms with Gasteiger partial charge in [0.25, 0.3) is 0 Å². The van der Waals surface area contributed by atoms with Crippen LogP contribution in [0.1, 0.15) is 30.0 Å². The van der Waals surface area contributed by atoms with Crippen molar-refractivity contribution in [1.29, 1.82) is 0 Å². The van der Waals surface area contributed by atoms with Crippen molar-refractivity contribution in [3.63, 3.8) is 0 Å². The largest absolute Gasteiger partial charge is 0.488 e. The number of hydrogen-bond donors (Lipinski definition) is 0. The van der Waals surface area contributed by atoms with E-state index in [1.54, 1.807) is 4.90 Å². The standard InChI is InChI=1S/C20H23NO3/c1-3-18-13-21(12-17-11-15(2)9-10-19(17)24-18)20(22)23-14-16-7-5-4-6-8-16/h4-11,18H,3,12-14H2,1-2H3. The lowest BCUT2D eigenvalue weighted by molar-refractivity contribution is 0.0786. The lowest BCUT2D eigenvalue weighted by atomic mass is 10.1. The van der Waals surface area contributed by atoms with E-state index in [0.717, 1.165) is 28.9 Å². The monoisotopic (exact) mass is 325 g/mol. The summed E-state index contributed by atoms with van der Waals surface area (Å²) in [6, 6.07) is 15.8. The van der Waals surface area contributed by atoms with E-state index in [9.17, 15) is 4.79 Å². The highest BCUT2D eigenvalue weighted by Gasteiger charge is 2.26. The summed E-state index contributed by atoms with van der Waals surface area (Å²) in [5.74, 6) is 0.866. The van der Waals surface area contributed by atoms with Gasteiger partial charge in [-0.3, -0.25) is 0 Å². The molecular weight excluding hydrogens is 302 g/mol. The van der Waals surface area contributed by atoms with Gasteiger partial charge in [0, 0.05) is 5.56 Å². The van der Waals surface area contributed by atoms with Crippen LogP contribution in [0.5, 0.6) is 5.75 Å². The maximum atomic E-state index is 12.5. The van der Waals surface area contributed by atoms with Crippen LogP contribution in [-0.4, -0.2) is 23.6 Å². The zero-order chi connectivity index (χ0) is 16.9. The zero-order valence-corrected chi connectivity index (χ0v) is 14.2. The van der Waals surface area contributed by atoms with E-state index in [1.165, 1.54) is 0 Å². The minimum atomic E-state index is -0.296. The normalized spacial score (nSPS) is 16.8. The first-order chi connectivity index (χ1) is 11.7. The number of nitrogens with zero attached hydrogens (tertiary/aromatic N) is 1. The molecule has 0 spiro atoms. The lowest BCUT2D eigenvalue weighted by Crippen LogP contribution is -2.37. The van der Waals surface area contributed by atoms with Crippen LogP contribution in [0.25, 0.3) is 0 Å². The highest BCUT2D eigenvalue weighted by molar-refractivity contribution is 5.68. The van der Waals surface area contributed by atoms with Gasteiger partial charge in [-0.25, -0.2) is 4.79 Å². The molecule has 1 unspecified atom stereocenters. The maximum absolute atomic E-state index is 12.5. The van der Waals surface area contributed by atoms with Crippen LogP contribution >= 0.6 is 0 Å². The molecule has 0 saturated carbocycles. The van der Waals surface area contributed by atoms with E-state index in [-0.39, 0.29) is 18.8 Å². The average molecular weight is 325 g/mol. The van der Waals surface area contributed by atoms with E-state index in [0.29, 0.717) is 13.1 Å². The fourth-order valence-corrected chi connectivity index (χ4v) is 2.84. The zero-order valence-electron chi connectivity index (χ0n) is 14.2. The number of rotatable bonds is 3. The summed E-state index contributed by atoms with van der Waals surface area (Å²) in [7, 11) is 0. The number of carbonyl (C=O) groups excluding carboxylic acids is 1. The molecule has 0 aromatic heterocycles. The Morgan fingerprint density at radius 1 is 1.25 bits per heavy atom. The van der Waals surface area contributed by atoms with Crippen LogP contribution in [0.15, 0.2) is 48.5 Å². The topological polar surface area (TPSA) is 38.8 Å². The Morgan fingerprint density at radius 3 is 2.79 bits per heavy atom. The molecule has 126 valence electrons. The van der Waals surface area contributed by atoms with Crippen LogP contribution in [0.3, 0.4) is 0 Å². The second kappa shape index (κ2) is 7.39. The van der Waals surface area contributed by atoms with E-state index in [4.69, 9.17) is 9.47 Å². The van der Waals surface area contributed by atoms with Gasteiger partial charge in [0.1, 0.15) is 18.5 Å². The van der Waals surface area contributed by atoms with Gasteiger partial charge in [-0.1, -0.05) is 55.0 Å². The molecule has 4 nitrogen and oxygen atoms in total. The van der Waals surface area contributed by atoms with E-state index < -0.39 is 0 Å². The summed E-state index contributed by atoms with van der Waals surface area (Å²) in [4.78, 5) is 14.3. The first-order valence-electron chi connectivity index (χ1n) is 8.37. The molecule has 0 bridgehead atoms. The van der Waals surface area contributed by atoms with Crippen molar-refractivity contribution in [2.75, 3.05) is 6.54 Å².